The molecule has 3 rings (SSSR count). The summed E-state index contributed by atoms with van der Waals surface area (Å²) in [5, 5.41) is 7.47. The smallest absolute Gasteiger partial charge is 0.292 e. The van der Waals surface area contributed by atoms with E-state index in [0.717, 1.165) is 19.3 Å². The first-order valence-electron chi connectivity index (χ1n) is 7.96. The maximum absolute atomic E-state index is 12.4. The van der Waals surface area contributed by atoms with E-state index >= 15 is 0 Å². The molecular formula is C16H22N6O. The van der Waals surface area contributed by atoms with E-state index in [4.69, 9.17) is 5.73 Å². The molecule has 23 heavy (non-hydrogen) atoms. The van der Waals surface area contributed by atoms with Crippen molar-refractivity contribution >= 4 is 17.0 Å². The highest BCUT2D eigenvalue weighted by Gasteiger charge is 2.24. The fourth-order valence-electron chi connectivity index (χ4n) is 3.06. The zero-order valence-corrected chi connectivity index (χ0v) is 13.5. The molecule has 2 unspecified atom stereocenters. The number of nitrogens with two attached hydrogens (primary N) is 1. The summed E-state index contributed by atoms with van der Waals surface area (Å²) in [6.45, 7) is 2.19. The molecule has 0 aromatic carbocycles. The SMILES string of the molecule is CC#CCn1c(NC2CCCCC2N)nc2cnn(C)c(=O)c21. The lowest BCUT2D eigenvalue weighted by Gasteiger charge is -2.29. The molecule has 7 nitrogen and oxygen atoms in total. The lowest BCUT2D eigenvalue weighted by atomic mass is 9.91. The Labute approximate surface area is 134 Å². The predicted molar refractivity (Wildman–Crippen MR) is 90.1 cm³/mol. The van der Waals surface area contributed by atoms with E-state index < -0.39 is 0 Å². The van der Waals surface area contributed by atoms with Crippen molar-refractivity contribution in [2.75, 3.05) is 5.32 Å². The summed E-state index contributed by atoms with van der Waals surface area (Å²) in [7, 11) is 1.63. The molecule has 122 valence electrons. The van der Waals surface area contributed by atoms with Crippen LogP contribution in [0, 0.1) is 11.8 Å². The van der Waals surface area contributed by atoms with E-state index in [9.17, 15) is 4.79 Å². The quantitative estimate of drug-likeness (QED) is 0.819. The fraction of sp³-hybridized carbons (Fsp3) is 0.562. The van der Waals surface area contributed by atoms with E-state index in [2.05, 4.69) is 27.2 Å². The molecular weight excluding hydrogens is 292 g/mol. The summed E-state index contributed by atoms with van der Waals surface area (Å²) in [6, 6.07) is 0.279. The molecule has 0 saturated heterocycles. The number of imidazole rings is 1. The van der Waals surface area contributed by atoms with Crippen molar-refractivity contribution in [3.63, 3.8) is 0 Å². The molecule has 7 heteroatoms. The van der Waals surface area contributed by atoms with Crippen LogP contribution >= 0.6 is 0 Å². The number of aryl methyl sites for hydroxylation is 1. The van der Waals surface area contributed by atoms with Gasteiger partial charge in [-0.15, -0.1) is 5.92 Å². The van der Waals surface area contributed by atoms with E-state index in [1.54, 1.807) is 20.2 Å². The summed E-state index contributed by atoms with van der Waals surface area (Å²) in [5.74, 6) is 6.53. The second-order valence-corrected chi connectivity index (χ2v) is 5.95. The minimum atomic E-state index is -0.172. The summed E-state index contributed by atoms with van der Waals surface area (Å²) in [5.41, 5.74) is 7.15. The Hall–Kier alpha value is -2.33. The Morgan fingerprint density at radius 2 is 2.22 bits per heavy atom. The van der Waals surface area contributed by atoms with E-state index in [-0.39, 0.29) is 17.6 Å². The van der Waals surface area contributed by atoms with Crippen molar-refractivity contribution in [3.05, 3.63) is 16.6 Å². The fourth-order valence-corrected chi connectivity index (χ4v) is 3.06. The Balaban J connectivity index is 2.05. The van der Waals surface area contributed by atoms with Crippen molar-refractivity contribution < 1.29 is 0 Å². The van der Waals surface area contributed by atoms with Gasteiger partial charge in [-0.2, -0.15) is 5.10 Å². The molecule has 0 aliphatic heterocycles. The van der Waals surface area contributed by atoms with Crippen molar-refractivity contribution in [1.29, 1.82) is 0 Å². The Morgan fingerprint density at radius 3 is 2.96 bits per heavy atom. The van der Waals surface area contributed by atoms with Gasteiger partial charge in [-0.3, -0.25) is 9.36 Å². The number of fused-ring (bicyclic) bond motifs is 1. The van der Waals surface area contributed by atoms with Gasteiger partial charge in [0.25, 0.3) is 5.56 Å². The maximum atomic E-state index is 12.4. The summed E-state index contributed by atoms with van der Waals surface area (Å²) < 4.78 is 3.15. The second-order valence-electron chi connectivity index (χ2n) is 5.95. The lowest BCUT2D eigenvalue weighted by Crippen LogP contribution is -2.43. The molecule has 0 spiro atoms. The summed E-state index contributed by atoms with van der Waals surface area (Å²) in [6.07, 6.45) is 5.96. The highest BCUT2D eigenvalue weighted by atomic mass is 16.1. The minimum absolute atomic E-state index is 0.107. The van der Waals surface area contributed by atoms with Gasteiger partial charge in [0.2, 0.25) is 5.95 Å². The molecule has 3 N–H and O–H groups in total. The third-order valence-electron chi connectivity index (χ3n) is 4.39. The minimum Gasteiger partial charge on any atom is -0.351 e. The van der Waals surface area contributed by atoms with Gasteiger partial charge in [0.15, 0.2) is 0 Å². The van der Waals surface area contributed by atoms with Crippen LogP contribution in [0.1, 0.15) is 32.6 Å². The standard InChI is InChI=1S/C16H22N6O/c1-3-4-9-22-14-13(10-18-21(2)15(14)23)20-16(22)19-12-8-6-5-7-11(12)17/h10-12H,5-9,17H2,1-2H3,(H,19,20). The molecule has 1 aliphatic rings. The predicted octanol–water partition coefficient (Wildman–Crippen LogP) is 0.835. The van der Waals surface area contributed by atoms with Crippen molar-refractivity contribution in [2.45, 2.75) is 51.2 Å². The van der Waals surface area contributed by atoms with Crippen molar-refractivity contribution in [2.24, 2.45) is 12.8 Å². The molecule has 2 heterocycles. The van der Waals surface area contributed by atoms with E-state index in [1.165, 1.54) is 11.1 Å². The van der Waals surface area contributed by atoms with Crippen LogP contribution < -0.4 is 16.6 Å². The van der Waals surface area contributed by atoms with Gasteiger partial charge in [-0.25, -0.2) is 9.67 Å². The van der Waals surface area contributed by atoms with Crippen molar-refractivity contribution in [1.82, 2.24) is 19.3 Å². The molecule has 2 atom stereocenters. The van der Waals surface area contributed by atoms with Gasteiger partial charge in [-0.05, 0) is 19.8 Å². The molecule has 0 bridgehead atoms. The van der Waals surface area contributed by atoms with Gasteiger partial charge >= 0.3 is 0 Å². The number of anilines is 1. The Kier molecular flexibility index (Phi) is 4.35. The average Bonchev–Trinajstić information content (AvgIpc) is 2.89. The topological polar surface area (TPSA) is 90.8 Å². The first kappa shape index (κ1) is 15.6. The normalized spacial score (nSPS) is 21.0. The van der Waals surface area contributed by atoms with Gasteiger partial charge in [0.05, 0.1) is 12.7 Å². The van der Waals surface area contributed by atoms with Crippen LogP contribution in [0.3, 0.4) is 0 Å². The highest BCUT2D eigenvalue weighted by Crippen LogP contribution is 2.22. The first-order chi connectivity index (χ1) is 11.1. The number of rotatable bonds is 3. The molecule has 1 fully saturated rings. The van der Waals surface area contributed by atoms with Crippen LogP contribution in [0.2, 0.25) is 0 Å². The average molecular weight is 314 g/mol. The first-order valence-corrected chi connectivity index (χ1v) is 7.96. The number of hydrogen-bond acceptors (Lipinski definition) is 5. The van der Waals surface area contributed by atoms with Crippen LogP contribution in [0.4, 0.5) is 5.95 Å². The molecule has 0 radical (unpaired) electrons. The number of hydrogen-bond donors (Lipinski definition) is 2. The molecule has 2 aromatic rings. The maximum Gasteiger partial charge on any atom is 0.292 e. The third kappa shape index (κ3) is 2.94. The van der Waals surface area contributed by atoms with Gasteiger partial charge < -0.3 is 11.1 Å². The summed E-state index contributed by atoms with van der Waals surface area (Å²) >= 11 is 0. The molecule has 2 aromatic heterocycles. The lowest BCUT2D eigenvalue weighted by molar-refractivity contribution is 0.402. The monoisotopic (exact) mass is 314 g/mol. The zero-order chi connectivity index (χ0) is 16.4. The van der Waals surface area contributed by atoms with Crippen molar-refractivity contribution in [3.8, 4) is 11.8 Å². The van der Waals surface area contributed by atoms with Gasteiger partial charge in [0.1, 0.15) is 11.0 Å². The van der Waals surface area contributed by atoms with Crippen LogP contribution in [0.5, 0.6) is 0 Å². The number of aromatic nitrogens is 4. The van der Waals surface area contributed by atoms with Gasteiger partial charge in [-0.1, -0.05) is 18.8 Å². The van der Waals surface area contributed by atoms with Crippen LogP contribution in [0.15, 0.2) is 11.0 Å². The molecule has 1 aliphatic carbocycles. The van der Waals surface area contributed by atoms with E-state index in [1.807, 2.05) is 4.57 Å². The van der Waals surface area contributed by atoms with Crippen LogP contribution in [0.25, 0.3) is 11.0 Å². The number of nitrogens with one attached hydrogen (secondary N) is 1. The van der Waals surface area contributed by atoms with Crippen LogP contribution in [-0.2, 0) is 13.6 Å². The largest absolute Gasteiger partial charge is 0.351 e. The summed E-state index contributed by atoms with van der Waals surface area (Å²) in [4.78, 5) is 17.0. The molecule has 1 saturated carbocycles. The molecule has 0 amide bonds. The third-order valence-corrected chi connectivity index (χ3v) is 4.39. The van der Waals surface area contributed by atoms with Crippen LogP contribution in [-0.4, -0.2) is 31.4 Å². The van der Waals surface area contributed by atoms with Gasteiger partial charge in [0, 0.05) is 19.1 Å². The number of nitrogens with zero attached hydrogens (tertiary/aromatic N) is 4. The second kappa shape index (κ2) is 6.42. The van der Waals surface area contributed by atoms with E-state index in [0.29, 0.717) is 23.5 Å². The zero-order valence-electron chi connectivity index (χ0n) is 13.5. The Morgan fingerprint density at radius 1 is 1.43 bits per heavy atom. The Bertz CT molecular complexity index is 825. The highest BCUT2D eigenvalue weighted by molar-refractivity contribution is 5.77.